The summed E-state index contributed by atoms with van der Waals surface area (Å²) in [7, 11) is 1.57. The number of carbonyl (C=O) groups excluding carboxylic acids is 2. The Morgan fingerprint density at radius 3 is 2.79 bits per heavy atom. The maximum atomic E-state index is 12.9. The highest BCUT2D eigenvalue weighted by Crippen LogP contribution is 2.34. The second-order valence-corrected chi connectivity index (χ2v) is 6.93. The van der Waals surface area contributed by atoms with E-state index in [4.69, 9.17) is 4.74 Å². The first-order valence-electron chi connectivity index (χ1n) is 9.26. The smallest absolute Gasteiger partial charge is 0.229 e. The van der Waals surface area contributed by atoms with Gasteiger partial charge in [-0.25, -0.2) is 9.67 Å². The molecule has 1 aromatic heterocycles. The van der Waals surface area contributed by atoms with E-state index < -0.39 is 5.92 Å². The van der Waals surface area contributed by atoms with E-state index in [9.17, 15) is 9.59 Å². The molecular formula is C21H21N5O3. The molecule has 0 saturated carbocycles. The Kier molecular flexibility index (Phi) is 4.99. The molecule has 1 aliphatic rings. The number of hydrogen-bond acceptors (Lipinski definition) is 5. The van der Waals surface area contributed by atoms with Crippen molar-refractivity contribution in [1.82, 2.24) is 14.8 Å². The lowest BCUT2D eigenvalue weighted by molar-refractivity contribution is -0.122. The van der Waals surface area contributed by atoms with Crippen LogP contribution in [0.1, 0.15) is 12.0 Å². The van der Waals surface area contributed by atoms with Crippen molar-refractivity contribution in [3.05, 3.63) is 60.7 Å². The highest BCUT2D eigenvalue weighted by atomic mass is 16.5. The molecule has 1 unspecified atom stereocenters. The Balaban J connectivity index is 1.54. The number of ether oxygens (including phenoxy) is 1. The predicted octanol–water partition coefficient (Wildman–Crippen LogP) is 2.58. The molecular weight excluding hydrogens is 370 g/mol. The number of aryl methyl sites for hydroxylation is 1. The number of aromatic nitrogens is 3. The first-order valence-corrected chi connectivity index (χ1v) is 9.26. The van der Waals surface area contributed by atoms with Gasteiger partial charge in [0, 0.05) is 13.0 Å². The van der Waals surface area contributed by atoms with Crippen LogP contribution in [0.25, 0.3) is 5.69 Å². The average molecular weight is 391 g/mol. The third-order valence-corrected chi connectivity index (χ3v) is 4.95. The van der Waals surface area contributed by atoms with Crippen molar-refractivity contribution in [3.8, 4) is 11.4 Å². The average Bonchev–Trinajstić information content (AvgIpc) is 3.38. The van der Waals surface area contributed by atoms with Gasteiger partial charge in [0.1, 0.15) is 18.4 Å². The monoisotopic (exact) mass is 391 g/mol. The number of rotatable bonds is 5. The van der Waals surface area contributed by atoms with Crippen LogP contribution < -0.4 is 15.0 Å². The van der Waals surface area contributed by atoms with E-state index in [1.165, 1.54) is 6.33 Å². The van der Waals surface area contributed by atoms with Crippen molar-refractivity contribution < 1.29 is 14.3 Å². The number of anilines is 2. The van der Waals surface area contributed by atoms with Gasteiger partial charge in [0.25, 0.3) is 0 Å². The van der Waals surface area contributed by atoms with Crippen molar-refractivity contribution >= 4 is 23.2 Å². The molecule has 0 aliphatic carbocycles. The molecule has 8 heteroatoms. The molecule has 8 nitrogen and oxygen atoms in total. The van der Waals surface area contributed by atoms with E-state index in [0.717, 1.165) is 5.56 Å². The lowest BCUT2D eigenvalue weighted by Gasteiger charge is -2.20. The van der Waals surface area contributed by atoms with Gasteiger partial charge in [-0.3, -0.25) is 9.59 Å². The summed E-state index contributed by atoms with van der Waals surface area (Å²) < 4.78 is 6.98. The Labute approximate surface area is 168 Å². The second-order valence-electron chi connectivity index (χ2n) is 6.93. The van der Waals surface area contributed by atoms with Crippen LogP contribution in [0, 0.1) is 12.8 Å². The molecule has 2 aromatic carbocycles. The van der Waals surface area contributed by atoms with E-state index in [1.54, 1.807) is 29.1 Å². The summed E-state index contributed by atoms with van der Waals surface area (Å²) in [5.74, 6) is -0.156. The van der Waals surface area contributed by atoms with Gasteiger partial charge in [0.15, 0.2) is 0 Å². The van der Waals surface area contributed by atoms with Crippen LogP contribution in [-0.2, 0) is 9.59 Å². The van der Waals surface area contributed by atoms with Gasteiger partial charge >= 0.3 is 0 Å². The molecule has 1 atom stereocenters. The van der Waals surface area contributed by atoms with Gasteiger partial charge in [-0.05, 0) is 36.8 Å². The van der Waals surface area contributed by atoms with Gasteiger partial charge in [0.05, 0.1) is 30.1 Å². The van der Waals surface area contributed by atoms with Gasteiger partial charge < -0.3 is 15.0 Å². The molecule has 0 radical (unpaired) electrons. The topological polar surface area (TPSA) is 89.3 Å². The van der Waals surface area contributed by atoms with E-state index in [0.29, 0.717) is 29.4 Å². The summed E-state index contributed by atoms with van der Waals surface area (Å²) in [6, 6.07) is 13.0. The summed E-state index contributed by atoms with van der Waals surface area (Å²) in [6.07, 6.45) is 3.14. The number of carbonyl (C=O) groups is 2. The SMILES string of the molecule is COc1ccc(C)cc1N1CC(C(=O)Nc2ccccc2-n2cncn2)CC1=O. The maximum Gasteiger partial charge on any atom is 0.229 e. The maximum absolute atomic E-state index is 12.9. The zero-order valence-electron chi connectivity index (χ0n) is 16.2. The molecule has 1 N–H and O–H groups in total. The minimum atomic E-state index is -0.462. The van der Waals surface area contributed by atoms with Crippen molar-refractivity contribution in [2.24, 2.45) is 5.92 Å². The molecule has 3 aromatic rings. The minimum absolute atomic E-state index is 0.0985. The molecule has 1 fully saturated rings. The number of para-hydroxylation sites is 2. The fourth-order valence-corrected chi connectivity index (χ4v) is 3.47. The lowest BCUT2D eigenvalue weighted by Crippen LogP contribution is -2.28. The number of hydrogen-bond donors (Lipinski definition) is 1. The summed E-state index contributed by atoms with van der Waals surface area (Å²) in [4.78, 5) is 31.1. The molecule has 2 heterocycles. The fraction of sp³-hybridized carbons (Fsp3) is 0.238. The molecule has 4 rings (SSSR count). The summed E-state index contributed by atoms with van der Waals surface area (Å²) >= 11 is 0. The molecule has 0 bridgehead atoms. The minimum Gasteiger partial charge on any atom is -0.495 e. The zero-order valence-corrected chi connectivity index (χ0v) is 16.2. The third-order valence-electron chi connectivity index (χ3n) is 4.95. The number of benzene rings is 2. The lowest BCUT2D eigenvalue weighted by atomic mass is 10.1. The number of nitrogens with zero attached hydrogens (tertiary/aromatic N) is 4. The summed E-state index contributed by atoms with van der Waals surface area (Å²) in [5.41, 5.74) is 3.03. The number of amides is 2. The van der Waals surface area contributed by atoms with Crippen molar-refractivity contribution in [2.45, 2.75) is 13.3 Å². The van der Waals surface area contributed by atoms with Crippen molar-refractivity contribution in [1.29, 1.82) is 0 Å². The second kappa shape index (κ2) is 7.75. The molecule has 0 spiro atoms. The fourth-order valence-electron chi connectivity index (χ4n) is 3.47. The quantitative estimate of drug-likeness (QED) is 0.722. The van der Waals surface area contributed by atoms with Gasteiger partial charge in [-0.1, -0.05) is 18.2 Å². The van der Waals surface area contributed by atoms with Crippen LogP contribution in [0.2, 0.25) is 0 Å². The third kappa shape index (κ3) is 3.69. The molecule has 2 amide bonds. The summed E-state index contributed by atoms with van der Waals surface area (Å²) in [6.45, 7) is 2.25. The highest BCUT2D eigenvalue weighted by Gasteiger charge is 2.36. The van der Waals surface area contributed by atoms with Crippen molar-refractivity contribution in [2.75, 3.05) is 23.9 Å². The molecule has 148 valence electrons. The Morgan fingerprint density at radius 2 is 2.03 bits per heavy atom. The van der Waals surface area contributed by atoms with Crippen molar-refractivity contribution in [3.63, 3.8) is 0 Å². The molecule has 29 heavy (non-hydrogen) atoms. The first kappa shape index (κ1) is 18.7. The van der Waals surface area contributed by atoms with Crippen LogP contribution in [0.4, 0.5) is 11.4 Å². The first-order chi connectivity index (χ1) is 14.1. The Bertz CT molecular complexity index is 1050. The summed E-state index contributed by atoms with van der Waals surface area (Å²) in [5, 5.41) is 7.06. The van der Waals surface area contributed by atoms with Gasteiger partial charge in [-0.15, -0.1) is 0 Å². The Hall–Kier alpha value is -3.68. The standard InChI is InChI=1S/C21H21N5O3/c1-14-7-8-19(29-2)18(9-14)25-11-15(10-20(25)27)21(28)24-16-5-3-4-6-17(16)26-13-22-12-23-26/h3-9,12-13,15H,10-11H2,1-2H3,(H,24,28). The Morgan fingerprint density at radius 1 is 1.21 bits per heavy atom. The molecule has 1 saturated heterocycles. The van der Waals surface area contributed by atoms with E-state index in [2.05, 4.69) is 15.4 Å². The van der Waals surface area contributed by atoms with Crippen LogP contribution in [0.5, 0.6) is 5.75 Å². The van der Waals surface area contributed by atoms with Crippen LogP contribution in [-0.4, -0.2) is 40.2 Å². The molecule has 1 aliphatic heterocycles. The van der Waals surface area contributed by atoms with Crippen LogP contribution in [0.3, 0.4) is 0 Å². The normalized spacial score (nSPS) is 16.1. The van der Waals surface area contributed by atoms with E-state index in [1.807, 2.05) is 43.3 Å². The van der Waals surface area contributed by atoms with Gasteiger partial charge in [-0.2, -0.15) is 5.10 Å². The van der Waals surface area contributed by atoms with E-state index in [-0.39, 0.29) is 18.2 Å². The van der Waals surface area contributed by atoms with Crippen LogP contribution >= 0.6 is 0 Å². The highest BCUT2D eigenvalue weighted by molar-refractivity contribution is 6.04. The largest absolute Gasteiger partial charge is 0.495 e. The number of nitrogens with one attached hydrogen (secondary N) is 1. The van der Waals surface area contributed by atoms with Gasteiger partial charge in [0.2, 0.25) is 11.8 Å². The van der Waals surface area contributed by atoms with E-state index >= 15 is 0 Å². The predicted molar refractivity (Wildman–Crippen MR) is 108 cm³/mol. The number of methoxy groups -OCH3 is 1. The zero-order chi connectivity index (χ0) is 20.4. The van der Waals surface area contributed by atoms with Crippen LogP contribution in [0.15, 0.2) is 55.1 Å².